The molecule has 0 aromatic heterocycles. The number of anilines is 2. The van der Waals surface area contributed by atoms with Gasteiger partial charge in [-0.25, -0.2) is 0 Å². The van der Waals surface area contributed by atoms with Crippen molar-refractivity contribution in [2.45, 2.75) is 19.9 Å². The number of carbonyl (C=O) groups excluding carboxylic acids is 2. The summed E-state index contributed by atoms with van der Waals surface area (Å²) in [6.45, 7) is 3.38. The second-order valence-corrected chi connectivity index (χ2v) is 5.50. The summed E-state index contributed by atoms with van der Waals surface area (Å²) < 4.78 is 0. The monoisotopic (exact) mass is 279 g/mol. The first kappa shape index (κ1) is 13.9. The molecule has 1 aliphatic heterocycles. The number of carbonyl (C=O) groups is 2. The largest absolute Gasteiger partial charge is 0.326 e. The Hall–Kier alpha value is -1.53. The van der Waals surface area contributed by atoms with Crippen LogP contribution in [0.25, 0.3) is 0 Å². The van der Waals surface area contributed by atoms with Gasteiger partial charge in [0.15, 0.2) is 0 Å². The maximum absolute atomic E-state index is 12.0. The van der Waals surface area contributed by atoms with Gasteiger partial charge in [-0.3, -0.25) is 14.9 Å². The molecule has 0 radical (unpaired) electrons. The molecule has 5 nitrogen and oxygen atoms in total. The normalized spacial score (nSPS) is 18.1. The van der Waals surface area contributed by atoms with Crippen molar-refractivity contribution in [1.82, 2.24) is 5.32 Å². The van der Waals surface area contributed by atoms with Crippen molar-refractivity contribution < 1.29 is 9.59 Å². The summed E-state index contributed by atoms with van der Waals surface area (Å²) in [5, 5.41) is 8.73. The molecule has 1 aromatic rings. The van der Waals surface area contributed by atoms with Gasteiger partial charge in [0.1, 0.15) is 0 Å². The number of nitrogens with one attached hydrogen (secondary N) is 3. The molecule has 3 N–H and O–H groups in total. The summed E-state index contributed by atoms with van der Waals surface area (Å²) in [6, 6.07) is 5.32. The van der Waals surface area contributed by atoms with E-state index in [1.165, 1.54) is 6.92 Å². The molecular weight excluding hydrogens is 262 g/mol. The van der Waals surface area contributed by atoms with Crippen molar-refractivity contribution in [3.05, 3.63) is 23.8 Å². The van der Waals surface area contributed by atoms with Gasteiger partial charge in [0.05, 0.1) is 6.04 Å². The van der Waals surface area contributed by atoms with Crippen LogP contribution in [0.4, 0.5) is 11.4 Å². The number of rotatable bonds is 3. The Morgan fingerprint density at radius 3 is 2.79 bits per heavy atom. The summed E-state index contributed by atoms with van der Waals surface area (Å²) in [5.74, 6) is 1.43. The fourth-order valence-electron chi connectivity index (χ4n) is 1.82. The number of hydrogen-bond acceptors (Lipinski definition) is 4. The maximum atomic E-state index is 12.0. The maximum Gasteiger partial charge on any atom is 0.242 e. The number of aryl methyl sites for hydroxylation is 1. The Morgan fingerprint density at radius 1 is 1.37 bits per heavy atom. The molecule has 1 heterocycles. The second-order valence-electron chi connectivity index (χ2n) is 4.47. The molecule has 6 heteroatoms. The van der Waals surface area contributed by atoms with Gasteiger partial charge in [-0.1, -0.05) is 6.07 Å². The SMILES string of the molecule is CC(=O)Nc1ccc(C)c(NC(=O)[C@H]2CSCN2)c1. The minimum atomic E-state index is -0.145. The molecule has 2 rings (SSSR count). The third-order valence-electron chi connectivity index (χ3n) is 2.85. The van der Waals surface area contributed by atoms with Gasteiger partial charge in [0.2, 0.25) is 11.8 Å². The molecular formula is C13H17N3O2S. The van der Waals surface area contributed by atoms with Crippen LogP contribution in [0.2, 0.25) is 0 Å². The van der Waals surface area contributed by atoms with E-state index in [1.54, 1.807) is 17.8 Å². The second kappa shape index (κ2) is 6.08. The molecule has 0 bridgehead atoms. The molecule has 1 saturated heterocycles. The molecule has 0 unspecified atom stereocenters. The Labute approximate surface area is 116 Å². The molecule has 0 aliphatic carbocycles. The van der Waals surface area contributed by atoms with E-state index >= 15 is 0 Å². The van der Waals surface area contributed by atoms with Crippen LogP contribution in [0.5, 0.6) is 0 Å². The average molecular weight is 279 g/mol. The quantitative estimate of drug-likeness (QED) is 0.785. The molecule has 2 amide bonds. The zero-order valence-electron chi connectivity index (χ0n) is 10.9. The Balaban J connectivity index is 2.09. The summed E-state index contributed by atoms with van der Waals surface area (Å²) >= 11 is 1.71. The van der Waals surface area contributed by atoms with Gasteiger partial charge < -0.3 is 10.6 Å². The van der Waals surface area contributed by atoms with Crippen LogP contribution in [0.1, 0.15) is 12.5 Å². The predicted octanol–water partition coefficient (Wildman–Crippen LogP) is 1.55. The van der Waals surface area contributed by atoms with Crippen LogP contribution >= 0.6 is 11.8 Å². The molecule has 19 heavy (non-hydrogen) atoms. The van der Waals surface area contributed by atoms with Gasteiger partial charge in [-0.15, -0.1) is 11.8 Å². The zero-order valence-corrected chi connectivity index (χ0v) is 11.8. The molecule has 1 aromatic carbocycles. The summed E-state index contributed by atoms with van der Waals surface area (Å²) in [4.78, 5) is 23.1. The lowest BCUT2D eigenvalue weighted by Gasteiger charge is -2.14. The van der Waals surface area contributed by atoms with Gasteiger partial charge in [0, 0.05) is 29.9 Å². The first-order valence-electron chi connectivity index (χ1n) is 6.06. The number of benzene rings is 1. The minimum absolute atomic E-state index is 0.0342. The lowest BCUT2D eigenvalue weighted by molar-refractivity contribution is -0.117. The third kappa shape index (κ3) is 3.71. The highest BCUT2D eigenvalue weighted by Gasteiger charge is 2.22. The first-order chi connectivity index (χ1) is 9.06. The van der Waals surface area contributed by atoms with Gasteiger partial charge in [-0.2, -0.15) is 0 Å². The molecule has 0 saturated carbocycles. The first-order valence-corrected chi connectivity index (χ1v) is 7.22. The number of amides is 2. The van der Waals surface area contributed by atoms with Gasteiger partial charge in [0.25, 0.3) is 0 Å². The van der Waals surface area contributed by atoms with Gasteiger partial charge in [-0.05, 0) is 24.6 Å². The fourth-order valence-corrected chi connectivity index (χ4v) is 2.76. The summed E-state index contributed by atoms with van der Waals surface area (Å²) in [5.41, 5.74) is 2.38. The summed E-state index contributed by atoms with van der Waals surface area (Å²) in [6.07, 6.45) is 0. The van der Waals surface area contributed by atoms with Crippen LogP contribution in [-0.4, -0.2) is 29.5 Å². The smallest absolute Gasteiger partial charge is 0.242 e. The molecule has 1 fully saturated rings. The van der Waals surface area contributed by atoms with Crippen LogP contribution in [0, 0.1) is 6.92 Å². The van der Waals surface area contributed by atoms with Crippen molar-refractivity contribution in [1.29, 1.82) is 0 Å². The lowest BCUT2D eigenvalue weighted by Crippen LogP contribution is -2.37. The topological polar surface area (TPSA) is 70.2 Å². The van der Waals surface area contributed by atoms with Crippen molar-refractivity contribution in [2.24, 2.45) is 0 Å². The van der Waals surface area contributed by atoms with Crippen LogP contribution < -0.4 is 16.0 Å². The standard InChI is InChI=1S/C13H17N3O2S/c1-8-3-4-10(15-9(2)17)5-11(8)16-13(18)12-6-19-7-14-12/h3-5,12,14H,6-7H2,1-2H3,(H,15,17)(H,16,18)/t12-/m1/s1. The Kier molecular flexibility index (Phi) is 4.44. The van der Waals surface area contributed by atoms with Crippen LogP contribution in [0.3, 0.4) is 0 Å². The van der Waals surface area contributed by atoms with E-state index in [4.69, 9.17) is 0 Å². The Morgan fingerprint density at radius 2 is 2.16 bits per heavy atom. The Bertz CT molecular complexity index is 499. The van der Waals surface area contributed by atoms with Gasteiger partial charge >= 0.3 is 0 Å². The minimum Gasteiger partial charge on any atom is -0.326 e. The highest BCUT2D eigenvalue weighted by molar-refractivity contribution is 7.99. The fraction of sp³-hybridized carbons (Fsp3) is 0.385. The molecule has 1 aliphatic rings. The van der Waals surface area contributed by atoms with E-state index in [1.807, 2.05) is 19.1 Å². The molecule has 1 atom stereocenters. The van der Waals surface area contributed by atoms with E-state index in [0.29, 0.717) is 5.69 Å². The van der Waals surface area contributed by atoms with E-state index in [0.717, 1.165) is 22.9 Å². The molecule has 0 spiro atoms. The number of thioether (sulfide) groups is 1. The van der Waals surface area contributed by atoms with Crippen LogP contribution in [0.15, 0.2) is 18.2 Å². The highest BCUT2D eigenvalue weighted by atomic mass is 32.2. The van der Waals surface area contributed by atoms with E-state index in [2.05, 4.69) is 16.0 Å². The zero-order chi connectivity index (χ0) is 13.8. The number of hydrogen-bond donors (Lipinski definition) is 3. The molecule has 102 valence electrons. The summed E-state index contributed by atoms with van der Waals surface area (Å²) in [7, 11) is 0. The van der Waals surface area contributed by atoms with Crippen molar-refractivity contribution in [3.63, 3.8) is 0 Å². The third-order valence-corrected chi connectivity index (χ3v) is 3.79. The van der Waals surface area contributed by atoms with Crippen molar-refractivity contribution >= 4 is 35.0 Å². The predicted molar refractivity (Wildman–Crippen MR) is 78.4 cm³/mol. The lowest BCUT2D eigenvalue weighted by atomic mass is 10.1. The van der Waals surface area contributed by atoms with Crippen LogP contribution in [-0.2, 0) is 9.59 Å². The van der Waals surface area contributed by atoms with Crippen molar-refractivity contribution in [3.8, 4) is 0 Å². The van der Waals surface area contributed by atoms with Crippen molar-refractivity contribution in [2.75, 3.05) is 22.3 Å². The van der Waals surface area contributed by atoms with E-state index in [9.17, 15) is 9.59 Å². The highest BCUT2D eigenvalue weighted by Crippen LogP contribution is 2.21. The van der Waals surface area contributed by atoms with E-state index in [-0.39, 0.29) is 17.9 Å². The van der Waals surface area contributed by atoms with E-state index < -0.39 is 0 Å². The average Bonchev–Trinajstić information content (AvgIpc) is 2.86.